The minimum absolute atomic E-state index is 0.0125. The highest BCUT2D eigenvalue weighted by Crippen LogP contribution is 2.31. The van der Waals surface area contributed by atoms with Crippen LogP contribution in [-0.2, 0) is 11.2 Å². The van der Waals surface area contributed by atoms with E-state index in [1.807, 2.05) is 18.2 Å². The third-order valence-electron chi connectivity index (χ3n) is 4.20. The van der Waals surface area contributed by atoms with Crippen molar-refractivity contribution in [2.45, 2.75) is 31.3 Å². The lowest BCUT2D eigenvalue weighted by atomic mass is 9.96. The third-order valence-corrected chi connectivity index (χ3v) is 4.20. The van der Waals surface area contributed by atoms with Crippen molar-refractivity contribution < 1.29 is 9.90 Å². The Morgan fingerprint density at radius 1 is 1.47 bits per heavy atom. The van der Waals surface area contributed by atoms with Crippen molar-refractivity contribution >= 4 is 17.3 Å². The summed E-state index contributed by atoms with van der Waals surface area (Å²) in [5.41, 5.74) is 8.55. The molecule has 5 nitrogen and oxygen atoms in total. The van der Waals surface area contributed by atoms with Gasteiger partial charge in [-0.25, -0.2) is 0 Å². The van der Waals surface area contributed by atoms with Gasteiger partial charge in [0, 0.05) is 29.4 Å². The van der Waals surface area contributed by atoms with E-state index >= 15 is 0 Å². The summed E-state index contributed by atoms with van der Waals surface area (Å²) in [6, 6.07) is 5.48. The number of aliphatic hydroxyl groups is 1. The number of nitrogen functional groups attached to an aromatic ring is 1. The van der Waals surface area contributed by atoms with Crippen LogP contribution in [0.3, 0.4) is 0 Å². The largest absolute Gasteiger partial charge is 0.398 e. The second-order valence-corrected chi connectivity index (χ2v) is 5.30. The van der Waals surface area contributed by atoms with E-state index in [1.54, 1.807) is 0 Å². The molecule has 1 aromatic carbocycles. The Labute approximate surface area is 112 Å². The standard InChI is InChI=1S/C14H19N3O2/c15-11-4-1-5-12-10(11)7-13(14(19)16-12)17-6-2-3-9(17)8-18/h1,4-5,9,13,18H,2-3,6-8,15H2,(H,16,19)/t9-,13?/m0/s1. The molecule has 1 aromatic rings. The topological polar surface area (TPSA) is 78.6 Å². The molecule has 4 N–H and O–H groups in total. The normalized spacial score (nSPS) is 27.1. The van der Waals surface area contributed by atoms with Crippen molar-refractivity contribution in [1.82, 2.24) is 4.90 Å². The van der Waals surface area contributed by atoms with Gasteiger partial charge in [-0.05, 0) is 31.5 Å². The molecular formula is C14H19N3O2. The summed E-state index contributed by atoms with van der Waals surface area (Å²) in [4.78, 5) is 14.4. The first-order chi connectivity index (χ1) is 9.20. The highest BCUT2D eigenvalue weighted by molar-refractivity contribution is 5.99. The van der Waals surface area contributed by atoms with Gasteiger partial charge in [-0.15, -0.1) is 0 Å². The van der Waals surface area contributed by atoms with Crippen molar-refractivity contribution in [3.05, 3.63) is 23.8 Å². The summed E-state index contributed by atoms with van der Waals surface area (Å²) >= 11 is 0. The summed E-state index contributed by atoms with van der Waals surface area (Å²) in [5, 5.41) is 12.3. The lowest BCUT2D eigenvalue weighted by Gasteiger charge is -2.35. The molecular weight excluding hydrogens is 242 g/mol. The van der Waals surface area contributed by atoms with Crippen LogP contribution in [0, 0.1) is 0 Å². The minimum Gasteiger partial charge on any atom is -0.398 e. The molecule has 0 saturated carbocycles. The summed E-state index contributed by atoms with van der Waals surface area (Å²) in [7, 11) is 0. The molecule has 0 aromatic heterocycles. The van der Waals surface area contributed by atoms with E-state index in [0.29, 0.717) is 6.42 Å². The maximum absolute atomic E-state index is 12.2. The Bertz CT molecular complexity index is 503. The van der Waals surface area contributed by atoms with E-state index in [0.717, 1.165) is 36.3 Å². The van der Waals surface area contributed by atoms with Crippen molar-refractivity contribution in [3.63, 3.8) is 0 Å². The van der Waals surface area contributed by atoms with Crippen molar-refractivity contribution in [2.24, 2.45) is 0 Å². The quantitative estimate of drug-likeness (QED) is 0.681. The minimum atomic E-state index is -0.211. The number of nitrogens with two attached hydrogens (primary N) is 1. The Balaban J connectivity index is 1.89. The van der Waals surface area contributed by atoms with Crippen LogP contribution < -0.4 is 11.1 Å². The fourth-order valence-corrected chi connectivity index (χ4v) is 3.18. The molecule has 3 rings (SSSR count). The van der Waals surface area contributed by atoms with E-state index in [9.17, 15) is 9.90 Å². The number of aliphatic hydroxyl groups excluding tert-OH is 1. The molecule has 2 aliphatic rings. The molecule has 1 amide bonds. The molecule has 2 atom stereocenters. The van der Waals surface area contributed by atoms with E-state index < -0.39 is 0 Å². The molecule has 0 bridgehead atoms. The molecule has 5 heteroatoms. The van der Waals surface area contributed by atoms with Gasteiger partial charge in [0.05, 0.1) is 12.6 Å². The average Bonchev–Trinajstić information content (AvgIpc) is 2.86. The lowest BCUT2D eigenvalue weighted by molar-refractivity contribution is -0.122. The number of carbonyl (C=O) groups excluding carboxylic acids is 1. The van der Waals surface area contributed by atoms with Gasteiger partial charge in [0.2, 0.25) is 5.91 Å². The second-order valence-electron chi connectivity index (χ2n) is 5.30. The van der Waals surface area contributed by atoms with E-state index in [4.69, 9.17) is 5.73 Å². The number of benzene rings is 1. The van der Waals surface area contributed by atoms with Crippen LogP contribution in [0.25, 0.3) is 0 Å². The molecule has 102 valence electrons. The Morgan fingerprint density at radius 2 is 2.32 bits per heavy atom. The first kappa shape index (κ1) is 12.4. The van der Waals surface area contributed by atoms with Crippen LogP contribution >= 0.6 is 0 Å². The van der Waals surface area contributed by atoms with Gasteiger partial charge in [-0.2, -0.15) is 0 Å². The van der Waals surface area contributed by atoms with Gasteiger partial charge in [0.25, 0.3) is 0 Å². The van der Waals surface area contributed by atoms with Gasteiger partial charge < -0.3 is 16.2 Å². The molecule has 19 heavy (non-hydrogen) atoms. The molecule has 0 spiro atoms. The molecule has 0 radical (unpaired) electrons. The number of anilines is 2. The van der Waals surface area contributed by atoms with Crippen molar-refractivity contribution in [2.75, 3.05) is 24.2 Å². The van der Waals surface area contributed by atoms with E-state index in [-0.39, 0.29) is 24.6 Å². The van der Waals surface area contributed by atoms with E-state index in [1.165, 1.54) is 0 Å². The van der Waals surface area contributed by atoms with Crippen LogP contribution in [0.15, 0.2) is 18.2 Å². The number of hydrogen-bond donors (Lipinski definition) is 3. The number of nitrogens with zero attached hydrogens (tertiary/aromatic N) is 1. The number of amides is 1. The zero-order chi connectivity index (χ0) is 13.4. The van der Waals surface area contributed by atoms with Crippen LogP contribution in [0.1, 0.15) is 18.4 Å². The first-order valence-corrected chi connectivity index (χ1v) is 6.75. The number of hydrogen-bond acceptors (Lipinski definition) is 4. The summed E-state index contributed by atoms with van der Waals surface area (Å²) in [5.74, 6) is 0.0125. The Morgan fingerprint density at radius 3 is 3.11 bits per heavy atom. The summed E-state index contributed by atoms with van der Waals surface area (Å²) in [6.45, 7) is 0.978. The van der Waals surface area contributed by atoms with Crippen LogP contribution in [0.4, 0.5) is 11.4 Å². The highest BCUT2D eigenvalue weighted by atomic mass is 16.3. The van der Waals surface area contributed by atoms with Gasteiger partial charge in [0.15, 0.2) is 0 Å². The molecule has 1 saturated heterocycles. The molecule has 2 heterocycles. The zero-order valence-corrected chi connectivity index (χ0v) is 10.8. The van der Waals surface area contributed by atoms with Gasteiger partial charge in [-0.3, -0.25) is 9.69 Å². The van der Waals surface area contributed by atoms with Crippen molar-refractivity contribution in [1.29, 1.82) is 0 Å². The first-order valence-electron chi connectivity index (χ1n) is 6.75. The SMILES string of the molecule is Nc1cccc2c1CC(N1CCC[C@H]1CO)C(=O)N2. The van der Waals surface area contributed by atoms with Crippen LogP contribution in [0.2, 0.25) is 0 Å². The zero-order valence-electron chi connectivity index (χ0n) is 10.8. The van der Waals surface area contributed by atoms with Gasteiger partial charge in [0.1, 0.15) is 0 Å². The molecule has 2 aliphatic heterocycles. The van der Waals surface area contributed by atoms with Gasteiger partial charge >= 0.3 is 0 Å². The lowest BCUT2D eigenvalue weighted by Crippen LogP contribution is -2.50. The average molecular weight is 261 g/mol. The number of fused-ring (bicyclic) bond motifs is 1. The number of nitrogens with one attached hydrogen (secondary N) is 1. The summed E-state index contributed by atoms with van der Waals surface area (Å²) in [6.07, 6.45) is 2.62. The van der Waals surface area contributed by atoms with Crippen LogP contribution in [-0.4, -0.2) is 41.1 Å². The smallest absolute Gasteiger partial charge is 0.242 e. The summed E-state index contributed by atoms with van der Waals surface area (Å²) < 4.78 is 0. The van der Waals surface area contributed by atoms with Gasteiger partial charge in [-0.1, -0.05) is 6.07 Å². The monoisotopic (exact) mass is 261 g/mol. The number of rotatable bonds is 2. The fraction of sp³-hybridized carbons (Fsp3) is 0.500. The second kappa shape index (κ2) is 4.83. The highest BCUT2D eigenvalue weighted by Gasteiger charge is 2.37. The Kier molecular flexibility index (Phi) is 3.16. The molecule has 1 unspecified atom stereocenters. The third kappa shape index (κ3) is 2.09. The maximum atomic E-state index is 12.2. The Hall–Kier alpha value is -1.59. The predicted molar refractivity (Wildman–Crippen MR) is 73.8 cm³/mol. The maximum Gasteiger partial charge on any atom is 0.242 e. The number of likely N-dealkylation sites (tertiary alicyclic amines) is 1. The van der Waals surface area contributed by atoms with E-state index in [2.05, 4.69) is 10.2 Å². The molecule has 0 aliphatic carbocycles. The fourth-order valence-electron chi connectivity index (χ4n) is 3.18. The molecule has 1 fully saturated rings. The predicted octanol–water partition coefficient (Wildman–Crippen LogP) is 0.589. The number of carbonyl (C=O) groups is 1. The van der Waals surface area contributed by atoms with Crippen LogP contribution in [0.5, 0.6) is 0 Å². The van der Waals surface area contributed by atoms with Crippen molar-refractivity contribution in [3.8, 4) is 0 Å².